The Kier molecular flexibility index (Phi) is 16.6. The highest BCUT2D eigenvalue weighted by Crippen LogP contribution is 2.36. The summed E-state index contributed by atoms with van der Waals surface area (Å²) in [5.41, 5.74) is 5.20. The Morgan fingerprint density at radius 3 is 2.22 bits per heavy atom. The topological polar surface area (TPSA) is 154 Å². The van der Waals surface area contributed by atoms with Gasteiger partial charge in [-0.1, -0.05) is 70.8 Å². The average Bonchev–Trinajstić information content (AvgIpc) is 2.96. The zero-order valence-corrected chi connectivity index (χ0v) is 25.4. The SMILES string of the molecule is CCCCCCCCCCCCOCCCNC(=O)NNC(=O)c1ccc2c(NC)cc(OOS(C)=N)cc2c1O. The molecule has 6 N–H and O–H groups in total. The van der Waals surface area contributed by atoms with Crippen molar-refractivity contribution < 1.29 is 28.7 Å². The average molecular weight is 594 g/mol. The molecule has 0 aromatic heterocycles. The number of amides is 3. The van der Waals surface area contributed by atoms with Gasteiger partial charge in [-0.15, -0.1) is 4.33 Å². The Bertz CT molecular complexity index is 1120. The fourth-order valence-corrected chi connectivity index (χ4v) is 4.50. The maximum absolute atomic E-state index is 12.7. The molecule has 0 aliphatic carbocycles. The minimum atomic E-state index is -1.16. The molecular weight excluding hydrogens is 546 g/mol. The van der Waals surface area contributed by atoms with Gasteiger partial charge in [-0.3, -0.25) is 15.0 Å². The van der Waals surface area contributed by atoms with Crippen LogP contribution in [-0.2, 0) is 20.0 Å². The fraction of sp³-hybridized carbons (Fsp3) is 0.586. The first-order valence-corrected chi connectivity index (χ1v) is 16.0. The van der Waals surface area contributed by atoms with Gasteiger partial charge in [0.1, 0.15) is 5.75 Å². The molecule has 1 atom stereocenters. The van der Waals surface area contributed by atoms with Gasteiger partial charge in [0.25, 0.3) is 5.91 Å². The van der Waals surface area contributed by atoms with Crippen LogP contribution in [0.1, 0.15) is 87.9 Å². The number of phenolic OH excluding ortho intramolecular Hbond substituents is 1. The fourth-order valence-electron chi connectivity index (χ4n) is 4.32. The van der Waals surface area contributed by atoms with Gasteiger partial charge in [-0.25, -0.2) is 10.2 Å². The third kappa shape index (κ3) is 13.0. The van der Waals surface area contributed by atoms with Crippen molar-refractivity contribution in [3.05, 3.63) is 29.8 Å². The number of carbonyl (C=O) groups is 2. The minimum Gasteiger partial charge on any atom is -0.506 e. The van der Waals surface area contributed by atoms with Crippen LogP contribution in [0.25, 0.3) is 10.8 Å². The number of hydrogen-bond donors (Lipinski definition) is 6. The second kappa shape index (κ2) is 19.9. The van der Waals surface area contributed by atoms with E-state index >= 15 is 0 Å². The van der Waals surface area contributed by atoms with E-state index in [1.54, 1.807) is 19.2 Å². The predicted molar refractivity (Wildman–Crippen MR) is 164 cm³/mol. The summed E-state index contributed by atoms with van der Waals surface area (Å²) in [4.78, 5) is 29.9. The molecule has 0 heterocycles. The Balaban J connectivity index is 1.65. The third-order valence-electron chi connectivity index (χ3n) is 6.51. The number of hydrazine groups is 1. The standard InChI is InChI=1S/C29H47N5O6S/c1-4-5-6-7-8-9-10-11-12-13-18-38-19-14-17-32-29(37)34-33-28(36)24-16-15-23-25(27(24)35)20-22(21-26(23)31-2)39-40-41(3)30/h15-16,20-21,30-31,35H,4-14,17-19H2,1-3H3,(H,33,36)(H2,32,34,37). The zero-order valence-electron chi connectivity index (χ0n) is 24.6. The lowest BCUT2D eigenvalue weighted by molar-refractivity contribution is -0.0814. The number of rotatable bonds is 20. The Morgan fingerprint density at radius 1 is 0.902 bits per heavy atom. The van der Waals surface area contributed by atoms with Crippen LogP contribution >= 0.6 is 0 Å². The van der Waals surface area contributed by atoms with E-state index in [-0.39, 0.29) is 17.1 Å². The van der Waals surface area contributed by atoms with Gasteiger partial charge in [0.05, 0.1) is 16.5 Å². The van der Waals surface area contributed by atoms with Gasteiger partial charge >= 0.3 is 6.03 Å². The van der Waals surface area contributed by atoms with Crippen LogP contribution in [0.3, 0.4) is 0 Å². The molecule has 0 spiro atoms. The van der Waals surface area contributed by atoms with Crippen molar-refractivity contribution >= 4 is 39.4 Å². The molecule has 2 aromatic carbocycles. The van der Waals surface area contributed by atoms with Gasteiger partial charge in [0, 0.05) is 55.6 Å². The van der Waals surface area contributed by atoms with Gasteiger partial charge in [0.2, 0.25) is 0 Å². The maximum atomic E-state index is 12.7. The first-order valence-electron chi connectivity index (χ1n) is 14.5. The van der Waals surface area contributed by atoms with Gasteiger partial charge in [-0.2, -0.15) is 0 Å². The third-order valence-corrected chi connectivity index (χ3v) is 6.78. The van der Waals surface area contributed by atoms with Crippen molar-refractivity contribution in [2.24, 2.45) is 0 Å². The number of anilines is 1. The van der Waals surface area contributed by atoms with Crippen LogP contribution in [0, 0.1) is 4.78 Å². The summed E-state index contributed by atoms with van der Waals surface area (Å²) in [6.07, 6.45) is 15.1. The quantitative estimate of drug-likeness (QED) is 0.0616. The Labute approximate surface area is 246 Å². The first kappa shape index (κ1) is 34.1. The monoisotopic (exact) mass is 593 g/mol. The van der Waals surface area contributed by atoms with Crippen molar-refractivity contribution in [2.75, 3.05) is 38.4 Å². The number of fused-ring (bicyclic) bond motifs is 1. The molecule has 0 aliphatic heterocycles. The van der Waals surface area contributed by atoms with Crippen LogP contribution in [0.2, 0.25) is 0 Å². The van der Waals surface area contributed by atoms with Crippen LogP contribution in [-0.4, -0.2) is 50.1 Å². The molecule has 1 unspecified atom stereocenters. The predicted octanol–water partition coefficient (Wildman–Crippen LogP) is 6.09. The summed E-state index contributed by atoms with van der Waals surface area (Å²) in [6.45, 7) is 3.93. The van der Waals surface area contributed by atoms with Crippen LogP contribution < -0.4 is 26.4 Å². The van der Waals surface area contributed by atoms with E-state index in [0.717, 1.165) is 13.0 Å². The first-order chi connectivity index (χ1) is 19.9. The second-order valence-electron chi connectivity index (χ2n) is 9.87. The molecule has 0 fully saturated rings. The summed E-state index contributed by atoms with van der Waals surface area (Å²) in [7, 11) is 0.544. The summed E-state index contributed by atoms with van der Waals surface area (Å²) in [5, 5.41) is 17.4. The number of unbranched alkanes of at least 4 members (excludes halogenated alkanes) is 9. The van der Waals surface area contributed by atoms with E-state index < -0.39 is 22.9 Å². The van der Waals surface area contributed by atoms with Crippen LogP contribution in [0.15, 0.2) is 24.3 Å². The molecule has 0 aliphatic rings. The molecule has 0 bridgehead atoms. The van der Waals surface area contributed by atoms with Crippen LogP contribution in [0.5, 0.6) is 11.5 Å². The number of hydrogen-bond acceptors (Lipinski definition) is 8. The van der Waals surface area contributed by atoms with E-state index in [9.17, 15) is 14.7 Å². The second-order valence-corrected chi connectivity index (χ2v) is 10.9. The van der Waals surface area contributed by atoms with E-state index in [1.165, 1.54) is 76.2 Å². The van der Waals surface area contributed by atoms with Gasteiger partial charge < -0.3 is 25.4 Å². The lowest BCUT2D eigenvalue weighted by Gasteiger charge is -2.14. The maximum Gasteiger partial charge on any atom is 0.333 e. The van der Waals surface area contributed by atoms with Gasteiger partial charge in [-0.05, 0) is 25.0 Å². The number of nitrogens with one attached hydrogen (secondary N) is 5. The molecule has 0 radical (unpaired) electrons. The smallest absolute Gasteiger partial charge is 0.333 e. The molecule has 2 rings (SSSR count). The number of carbonyl (C=O) groups excluding carboxylic acids is 2. The number of benzene rings is 2. The lowest BCUT2D eigenvalue weighted by atomic mass is 10.0. The number of urea groups is 1. The molecule has 11 nitrogen and oxygen atoms in total. The molecular formula is C29H47N5O6S. The Hall–Kier alpha value is -3.09. The lowest BCUT2D eigenvalue weighted by Crippen LogP contribution is -2.47. The molecule has 41 heavy (non-hydrogen) atoms. The summed E-state index contributed by atoms with van der Waals surface area (Å²) in [5.74, 6) is -0.717. The van der Waals surface area contributed by atoms with E-state index in [4.69, 9.17) is 18.7 Å². The number of phenols is 1. The van der Waals surface area contributed by atoms with Crippen molar-refractivity contribution in [3.8, 4) is 11.5 Å². The molecule has 2 aromatic rings. The van der Waals surface area contributed by atoms with Crippen molar-refractivity contribution in [1.29, 1.82) is 4.78 Å². The largest absolute Gasteiger partial charge is 0.506 e. The highest BCUT2D eigenvalue weighted by Gasteiger charge is 2.17. The summed E-state index contributed by atoms with van der Waals surface area (Å²) in [6, 6.07) is 5.73. The van der Waals surface area contributed by atoms with Crippen molar-refractivity contribution in [1.82, 2.24) is 16.2 Å². The molecule has 0 saturated heterocycles. The molecule has 12 heteroatoms. The van der Waals surface area contributed by atoms with Crippen molar-refractivity contribution in [3.63, 3.8) is 0 Å². The van der Waals surface area contributed by atoms with E-state index in [0.29, 0.717) is 36.0 Å². The summed E-state index contributed by atoms with van der Waals surface area (Å²) < 4.78 is 18.0. The number of ether oxygens (including phenoxy) is 1. The van der Waals surface area contributed by atoms with E-state index in [2.05, 4.69) is 28.4 Å². The highest BCUT2D eigenvalue weighted by atomic mass is 32.2. The van der Waals surface area contributed by atoms with E-state index in [1.807, 2.05) is 0 Å². The van der Waals surface area contributed by atoms with Crippen LogP contribution in [0.4, 0.5) is 10.5 Å². The zero-order chi connectivity index (χ0) is 29.9. The summed E-state index contributed by atoms with van der Waals surface area (Å²) >= 11 is 0. The minimum absolute atomic E-state index is 0.0333. The Morgan fingerprint density at radius 2 is 1.56 bits per heavy atom. The van der Waals surface area contributed by atoms with Crippen molar-refractivity contribution in [2.45, 2.75) is 77.6 Å². The van der Waals surface area contributed by atoms with Gasteiger partial charge in [0.15, 0.2) is 5.75 Å². The normalized spacial score (nSPS) is 11.7. The molecule has 0 saturated carbocycles. The molecule has 230 valence electrons. The number of aromatic hydroxyl groups is 1. The highest BCUT2D eigenvalue weighted by molar-refractivity contribution is 7.80. The molecule has 3 amide bonds.